The maximum Gasteiger partial charge on any atom is 0.121 e. The number of anilines is 1. The molecule has 0 spiro atoms. The molecule has 2 rings (SSSR count). The number of aliphatic hydroxyl groups is 1. The van der Waals surface area contributed by atoms with Crippen LogP contribution in [0.5, 0.6) is 5.75 Å². The normalized spacial score (nSPS) is 22.6. The van der Waals surface area contributed by atoms with Crippen molar-refractivity contribution in [3.63, 3.8) is 0 Å². The van der Waals surface area contributed by atoms with Crippen molar-refractivity contribution in [1.29, 1.82) is 5.26 Å². The lowest BCUT2D eigenvalue weighted by molar-refractivity contribution is 0.106. The summed E-state index contributed by atoms with van der Waals surface area (Å²) in [5.41, 5.74) is 1.44. The molecule has 0 amide bonds. The molecule has 1 aromatic rings. The molecule has 0 aliphatic heterocycles. The van der Waals surface area contributed by atoms with Crippen LogP contribution in [-0.4, -0.2) is 31.4 Å². The van der Waals surface area contributed by atoms with Gasteiger partial charge in [0.25, 0.3) is 0 Å². The lowest BCUT2D eigenvalue weighted by Crippen LogP contribution is -2.43. The van der Waals surface area contributed by atoms with Crippen molar-refractivity contribution >= 4 is 5.69 Å². The van der Waals surface area contributed by atoms with E-state index < -0.39 is 0 Å². The molecule has 1 aliphatic carbocycles. The number of hydrogen-bond donors (Lipinski definition) is 1. The average molecular weight is 260 g/mol. The fourth-order valence-electron chi connectivity index (χ4n) is 2.75. The number of ether oxygens (including phenoxy) is 1. The molecule has 0 heterocycles. The van der Waals surface area contributed by atoms with Gasteiger partial charge in [-0.3, -0.25) is 0 Å². The number of methoxy groups -OCH3 is 1. The second-order valence-corrected chi connectivity index (χ2v) is 5.02. The summed E-state index contributed by atoms with van der Waals surface area (Å²) in [4.78, 5) is 2.02. The molecule has 1 aliphatic rings. The minimum absolute atomic E-state index is 0.0768. The molecular formula is C15H20N2O2. The maximum atomic E-state index is 10.1. The highest BCUT2D eigenvalue weighted by Gasteiger charge is 2.28. The molecule has 0 radical (unpaired) electrons. The highest BCUT2D eigenvalue weighted by Crippen LogP contribution is 2.31. The van der Waals surface area contributed by atoms with Crippen LogP contribution in [0.25, 0.3) is 0 Å². The van der Waals surface area contributed by atoms with Crippen LogP contribution in [0.15, 0.2) is 18.2 Å². The van der Waals surface area contributed by atoms with Gasteiger partial charge >= 0.3 is 0 Å². The SMILES string of the molecule is COc1ccc(C#N)c(N(C)C2CCCCC2O)c1. The Morgan fingerprint density at radius 2 is 2.11 bits per heavy atom. The van der Waals surface area contributed by atoms with Gasteiger partial charge in [-0.25, -0.2) is 0 Å². The van der Waals surface area contributed by atoms with Gasteiger partial charge in [0.1, 0.15) is 11.8 Å². The topological polar surface area (TPSA) is 56.5 Å². The van der Waals surface area contributed by atoms with Crippen molar-refractivity contribution in [2.45, 2.75) is 37.8 Å². The first-order chi connectivity index (χ1) is 9.17. The van der Waals surface area contributed by atoms with E-state index in [-0.39, 0.29) is 12.1 Å². The van der Waals surface area contributed by atoms with Gasteiger partial charge in [-0.1, -0.05) is 12.8 Å². The van der Waals surface area contributed by atoms with Crippen LogP contribution < -0.4 is 9.64 Å². The molecule has 1 saturated carbocycles. The number of hydrogen-bond acceptors (Lipinski definition) is 4. The summed E-state index contributed by atoms with van der Waals surface area (Å²) >= 11 is 0. The summed E-state index contributed by atoms with van der Waals surface area (Å²) in [6, 6.07) is 7.69. The average Bonchev–Trinajstić information content (AvgIpc) is 2.46. The second kappa shape index (κ2) is 5.94. The largest absolute Gasteiger partial charge is 0.497 e. The van der Waals surface area contributed by atoms with Gasteiger partial charge in [0, 0.05) is 13.1 Å². The third-order valence-electron chi connectivity index (χ3n) is 3.90. The van der Waals surface area contributed by atoms with Gasteiger partial charge in [-0.2, -0.15) is 5.26 Å². The van der Waals surface area contributed by atoms with Crippen LogP contribution in [-0.2, 0) is 0 Å². The fourth-order valence-corrected chi connectivity index (χ4v) is 2.75. The summed E-state index contributed by atoms with van der Waals surface area (Å²) in [6.07, 6.45) is 3.67. The number of aliphatic hydroxyl groups excluding tert-OH is 1. The van der Waals surface area contributed by atoms with Gasteiger partial charge in [-0.05, 0) is 25.0 Å². The quantitative estimate of drug-likeness (QED) is 0.906. The zero-order valence-corrected chi connectivity index (χ0v) is 11.5. The highest BCUT2D eigenvalue weighted by molar-refractivity contribution is 5.62. The molecule has 1 aromatic carbocycles. The lowest BCUT2D eigenvalue weighted by Gasteiger charge is -2.37. The third-order valence-corrected chi connectivity index (χ3v) is 3.90. The van der Waals surface area contributed by atoms with Crippen molar-refractivity contribution in [2.75, 3.05) is 19.1 Å². The van der Waals surface area contributed by atoms with E-state index in [1.54, 1.807) is 19.2 Å². The molecule has 1 N–H and O–H groups in total. The predicted molar refractivity (Wildman–Crippen MR) is 74.4 cm³/mol. The van der Waals surface area contributed by atoms with E-state index in [9.17, 15) is 10.4 Å². The number of likely N-dealkylation sites (N-methyl/N-ethyl adjacent to an activating group) is 1. The summed E-state index contributed by atoms with van der Waals surface area (Å²) < 4.78 is 5.22. The fraction of sp³-hybridized carbons (Fsp3) is 0.533. The number of benzene rings is 1. The monoisotopic (exact) mass is 260 g/mol. The van der Waals surface area contributed by atoms with Crippen molar-refractivity contribution in [3.05, 3.63) is 23.8 Å². The minimum Gasteiger partial charge on any atom is -0.497 e. The van der Waals surface area contributed by atoms with Crippen molar-refractivity contribution in [2.24, 2.45) is 0 Å². The van der Waals surface area contributed by atoms with Crippen LogP contribution in [0.3, 0.4) is 0 Å². The van der Waals surface area contributed by atoms with E-state index in [0.717, 1.165) is 37.1 Å². The summed E-state index contributed by atoms with van der Waals surface area (Å²) in [5, 5.41) is 19.4. The minimum atomic E-state index is -0.323. The maximum absolute atomic E-state index is 10.1. The predicted octanol–water partition coefficient (Wildman–Crippen LogP) is 2.31. The van der Waals surface area contributed by atoms with E-state index >= 15 is 0 Å². The van der Waals surface area contributed by atoms with E-state index in [1.807, 2.05) is 18.0 Å². The Bertz CT molecular complexity index is 482. The molecule has 0 aromatic heterocycles. The summed E-state index contributed by atoms with van der Waals surface area (Å²) in [6.45, 7) is 0. The molecule has 2 atom stereocenters. The zero-order valence-electron chi connectivity index (χ0n) is 11.5. The van der Waals surface area contributed by atoms with Crippen LogP contribution >= 0.6 is 0 Å². The van der Waals surface area contributed by atoms with Gasteiger partial charge < -0.3 is 14.7 Å². The molecule has 0 saturated heterocycles. The Hall–Kier alpha value is -1.73. The molecule has 4 nitrogen and oxygen atoms in total. The number of nitrogens with zero attached hydrogens (tertiary/aromatic N) is 2. The highest BCUT2D eigenvalue weighted by atomic mass is 16.5. The van der Waals surface area contributed by atoms with Gasteiger partial charge in [0.05, 0.1) is 30.5 Å². The van der Waals surface area contributed by atoms with Crippen molar-refractivity contribution in [1.82, 2.24) is 0 Å². The van der Waals surface area contributed by atoms with E-state index in [0.29, 0.717) is 5.56 Å². The van der Waals surface area contributed by atoms with Crippen LogP contribution in [0.1, 0.15) is 31.2 Å². The van der Waals surface area contributed by atoms with Gasteiger partial charge in [0.2, 0.25) is 0 Å². The first kappa shape index (κ1) is 13.7. The summed E-state index contributed by atoms with van der Waals surface area (Å²) in [5.74, 6) is 0.728. The van der Waals surface area contributed by atoms with Crippen LogP contribution in [0.2, 0.25) is 0 Å². The molecule has 4 heteroatoms. The Morgan fingerprint density at radius 3 is 2.74 bits per heavy atom. The lowest BCUT2D eigenvalue weighted by atomic mass is 9.91. The third kappa shape index (κ3) is 2.82. The molecule has 102 valence electrons. The summed E-state index contributed by atoms with van der Waals surface area (Å²) in [7, 11) is 3.55. The number of nitriles is 1. The van der Waals surface area contributed by atoms with Crippen molar-refractivity contribution in [3.8, 4) is 11.8 Å². The van der Waals surface area contributed by atoms with E-state index in [2.05, 4.69) is 6.07 Å². The smallest absolute Gasteiger partial charge is 0.121 e. The Kier molecular flexibility index (Phi) is 4.28. The van der Waals surface area contributed by atoms with Crippen LogP contribution in [0.4, 0.5) is 5.69 Å². The van der Waals surface area contributed by atoms with Crippen LogP contribution in [0, 0.1) is 11.3 Å². The standard InChI is InChI=1S/C15H20N2O2/c1-17(13-5-3-4-6-15(13)18)14-9-12(19-2)8-7-11(14)10-16/h7-9,13,15,18H,3-6H2,1-2H3. The van der Waals surface area contributed by atoms with Gasteiger partial charge in [-0.15, -0.1) is 0 Å². The first-order valence-electron chi connectivity index (χ1n) is 6.66. The number of rotatable bonds is 3. The Balaban J connectivity index is 2.31. The molecule has 0 bridgehead atoms. The molecule has 2 unspecified atom stereocenters. The Labute approximate surface area is 114 Å². The van der Waals surface area contributed by atoms with Crippen molar-refractivity contribution < 1.29 is 9.84 Å². The van der Waals surface area contributed by atoms with Gasteiger partial charge in [0.15, 0.2) is 0 Å². The molecular weight excluding hydrogens is 240 g/mol. The van der Waals surface area contributed by atoms with E-state index in [1.165, 1.54) is 0 Å². The second-order valence-electron chi connectivity index (χ2n) is 5.02. The molecule has 19 heavy (non-hydrogen) atoms. The zero-order chi connectivity index (χ0) is 13.8. The Morgan fingerprint density at radius 1 is 1.37 bits per heavy atom. The molecule has 1 fully saturated rings. The van der Waals surface area contributed by atoms with E-state index in [4.69, 9.17) is 4.74 Å². The first-order valence-corrected chi connectivity index (χ1v) is 6.66.